The standard InChI is InChI=1S/C12H18O5Si/c1-4-8-15-9-16-18(13-2,14-3)11-7-5-6-10-12(11)17-10/h5-7H,4,8-9H2,1-3H3. The van der Waals surface area contributed by atoms with E-state index in [2.05, 4.69) is 0 Å². The van der Waals surface area contributed by atoms with Crippen LogP contribution in [0.25, 0.3) is 0 Å². The molecular formula is C12H18O5Si. The summed E-state index contributed by atoms with van der Waals surface area (Å²) in [7, 11) is 0.249. The van der Waals surface area contributed by atoms with Gasteiger partial charge >= 0.3 is 8.80 Å². The minimum absolute atomic E-state index is 0.158. The second kappa shape index (κ2) is 5.81. The van der Waals surface area contributed by atoms with E-state index < -0.39 is 8.80 Å². The molecule has 0 spiro atoms. The Morgan fingerprint density at radius 3 is 2.67 bits per heavy atom. The highest BCUT2D eigenvalue weighted by Crippen LogP contribution is 2.44. The quantitative estimate of drug-likeness (QED) is 0.316. The number of ether oxygens (including phenoxy) is 2. The first kappa shape index (κ1) is 13.5. The molecule has 0 N–H and O–H groups in total. The van der Waals surface area contributed by atoms with Gasteiger partial charge in [-0.05, 0) is 12.5 Å². The van der Waals surface area contributed by atoms with Crippen LogP contribution in [-0.4, -0.2) is 36.4 Å². The van der Waals surface area contributed by atoms with Crippen molar-refractivity contribution in [2.45, 2.75) is 13.3 Å². The van der Waals surface area contributed by atoms with E-state index in [-0.39, 0.29) is 6.79 Å². The zero-order chi connectivity index (χ0) is 13.0. The van der Waals surface area contributed by atoms with Crippen LogP contribution in [0.1, 0.15) is 13.3 Å². The molecule has 2 rings (SSSR count). The van der Waals surface area contributed by atoms with Gasteiger partial charge in [0.25, 0.3) is 0 Å². The Morgan fingerprint density at radius 2 is 2.00 bits per heavy atom. The molecule has 0 amide bonds. The van der Waals surface area contributed by atoms with Crippen molar-refractivity contribution < 1.29 is 22.8 Å². The lowest BCUT2D eigenvalue weighted by molar-refractivity contribution is -0.0268. The zero-order valence-electron chi connectivity index (χ0n) is 10.9. The van der Waals surface area contributed by atoms with Crippen LogP contribution in [0.3, 0.4) is 0 Å². The van der Waals surface area contributed by atoms with Gasteiger partial charge in [-0.25, -0.2) is 0 Å². The van der Waals surface area contributed by atoms with Gasteiger partial charge in [0.05, 0.1) is 5.19 Å². The molecule has 1 aliphatic heterocycles. The third-order valence-corrected chi connectivity index (χ3v) is 5.32. The fourth-order valence-corrected chi connectivity index (χ4v) is 3.74. The minimum atomic E-state index is -2.91. The molecule has 6 heteroatoms. The Kier molecular flexibility index (Phi) is 4.36. The summed E-state index contributed by atoms with van der Waals surface area (Å²) in [6, 6.07) is 5.71. The maximum Gasteiger partial charge on any atom is 0.542 e. The summed E-state index contributed by atoms with van der Waals surface area (Å²) in [4.78, 5) is 0. The lowest BCUT2D eigenvalue weighted by Crippen LogP contribution is -2.55. The predicted molar refractivity (Wildman–Crippen MR) is 68.1 cm³/mol. The van der Waals surface area contributed by atoms with Crippen LogP contribution in [0.15, 0.2) is 18.2 Å². The van der Waals surface area contributed by atoms with E-state index in [0.717, 1.165) is 23.1 Å². The average Bonchev–Trinajstić information content (AvgIpc) is 3.19. The summed E-state index contributed by atoms with van der Waals surface area (Å²) in [5.41, 5.74) is 0. The molecule has 0 atom stereocenters. The summed E-state index contributed by atoms with van der Waals surface area (Å²) in [6.07, 6.45) is 0.946. The monoisotopic (exact) mass is 270 g/mol. The second-order valence-electron chi connectivity index (χ2n) is 3.87. The van der Waals surface area contributed by atoms with Gasteiger partial charge in [0.2, 0.25) is 0 Å². The second-order valence-corrected chi connectivity index (χ2v) is 6.63. The van der Waals surface area contributed by atoms with E-state index in [9.17, 15) is 0 Å². The molecule has 0 saturated heterocycles. The Hall–Kier alpha value is -0.923. The number of hydrogen-bond donors (Lipinski definition) is 0. The highest BCUT2D eigenvalue weighted by atomic mass is 28.4. The molecular weight excluding hydrogens is 252 g/mol. The molecule has 1 aromatic carbocycles. The lowest BCUT2D eigenvalue weighted by atomic mass is 10.4. The zero-order valence-corrected chi connectivity index (χ0v) is 11.9. The third kappa shape index (κ3) is 2.57. The molecule has 0 unspecified atom stereocenters. The van der Waals surface area contributed by atoms with Gasteiger partial charge in [0.15, 0.2) is 11.5 Å². The first-order chi connectivity index (χ1) is 8.77. The predicted octanol–water partition coefficient (Wildman–Crippen LogP) is 1.63. The van der Waals surface area contributed by atoms with Crippen molar-refractivity contribution in [3.63, 3.8) is 0 Å². The number of benzene rings is 1. The Morgan fingerprint density at radius 1 is 1.22 bits per heavy atom. The molecule has 0 saturated carbocycles. The smallest absolute Gasteiger partial charge is 0.449 e. The largest absolute Gasteiger partial charge is 0.542 e. The highest BCUT2D eigenvalue weighted by molar-refractivity contribution is 6.76. The minimum Gasteiger partial charge on any atom is -0.449 e. The van der Waals surface area contributed by atoms with Crippen LogP contribution in [0, 0.1) is 0 Å². The van der Waals surface area contributed by atoms with Crippen molar-refractivity contribution in [3.8, 4) is 11.5 Å². The molecule has 0 aromatic heterocycles. The van der Waals surface area contributed by atoms with Crippen LogP contribution >= 0.6 is 0 Å². The van der Waals surface area contributed by atoms with Crippen LogP contribution in [0.5, 0.6) is 11.5 Å². The Balaban J connectivity index is 2.09. The van der Waals surface area contributed by atoms with Crippen molar-refractivity contribution in [2.24, 2.45) is 0 Å². The third-order valence-electron chi connectivity index (χ3n) is 2.70. The van der Waals surface area contributed by atoms with E-state index >= 15 is 0 Å². The Labute approximate surface area is 108 Å². The fourth-order valence-electron chi connectivity index (χ4n) is 1.75. The molecule has 5 nitrogen and oxygen atoms in total. The van der Waals surface area contributed by atoms with Gasteiger partial charge in [0, 0.05) is 20.8 Å². The molecule has 100 valence electrons. The van der Waals surface area contributed by atoms with E-state index in [1.54, 1.807) is 14.2 Å². The number of fused-ring (bicyclic) bond motifs is 1. The van der Waals surface area contributed by atoms with Gasteiger partial charge in [-0.2, -0.15) is 0 Å². The number of para-hydroxylation sites is 1. The summed E-state index contributed by atoms with van der Waals surface area (Å²) in [6.45, 7) is 2.85. The van der Waals surface area contributed by atoms with Crippen molar-refractivity contribution in [1.29, 1.82) is 0 Å². The van der Waals surface area contributed by atoms with Crippen molar-refractivity contribution in [3.05, 3.63) is 18.2 Å². The SMILES string of the molecule is CCCOCO[Si](OC)(OC)c1cccc2c1O2. The highest BCUT2D eigenvalue weighted by Gasteiger charge is 2.48. The van der Waals surface area contributed by atoms with E-state index in [0.29, 0.717) is 6.61 Å². The molecule has 18 heavy (non-hydrogen) atoms. The molecule has 1 aromatic rings. The topological polar surface area (TPSA) is 49.5 Å². The summed E-state index contributed by atoms with van der Waals surface area (Å²) >= 11 is 0. The number of hydrogen-bond acceptors (Lipinski definition) is 5. The van der Waals surface area contributed by atoms with Crippen molar-refractivity contribution >= 4 is 14.0 Å². The molecule has 0 fully saturated rings. The lowest BCUT2D eigenvalue weighted by Gasteiger charge is -2.25. The average molecular weight is 270 g/mol. The van der Waals surface area contributed by atoms with Gasteiger partial charge in [-0.1, -0.05) is 19.1 Å². The van der Waals surface area contributed by atoms with Gasteiger partial charge in [-0.15, -0.1) is 0 Å². The summed E-state index contributed by atoms with van der Waals surface area (Å²) in [5, 5.41) is 0.852. The number of rotatable bonds is 8. The van der Waals surface area contributed by atoms with Crippen LogP contribution in [0.4, 0.5) is 0 Å². The summed E-state index contributed by atoms with van der Waals surface area (Å²) in [5.74, 6) is 1.67. The first-order valence-corrected chi connectivity index (χ1v) is 7.63. The maximum atomic E-state index is 5.72. The van der Waals surface area contributed by atoms with Gasteiger partial charge in [-0.3, -0.25) is 0 Å². The van der Waals surface area contributed by atoms with E-state index in [4.69, 9.17) is 22.8 Å². The van der Waals surface area contributed by atoms with Gasteiger partial charge in [0.1, 0.15) is 6.79 Å². The van der Waals surface area contributed by atoms with Crippen molar-refractivity contribution in [1.82, 2.24) is 0 Å². The van der Waals surface area contributed by atoms with Crippen LogP contribution in [0.2, 0.25) is 0 Å². The van der Waals surface area contributed by atoms with Gasteiger partial charge < -0.3 is 22.8 Å². The van der Waals surface area contributed by atoms with Crippen LogP contribution in [-0.2, 0) is 18.0 Å². The fraction of sp³-hybridized carbons (Fsp3) is 0.500. The van der Waals surface area contributed by atoms with Crippen LogP contribution < -0.4 is 9.92 Å². The van der Waals surface area contributed by atoms with Crippen molar-refractivity contribution in [2.75, 3.05) is 27.6 Å². The molecule has 1 heterocycles. The normalized spacial score (nSPS) is 13.1. The van der Waals surface area contributed by atoms with E-state index in [1.165, 1.54) is 0 Å². The molecule has 0 radical (unpaired) electrons. The Bertz CT molecular complexity index is 405. The first-order valence-electron chi connectivity index (χ1n) is 5.90. The summed E-state index contributed by atoms with van der Waals surface area (Å²) < 4.78 is 27.4. The molecule has 1 aliphatic rings. The maximum absolute atomic E-state index is 5.72. The van der Waals surface area contributed by atoms with E-state index in [1.807, 2.05) is 25.1 Å². The molecule has 0 aliphatic carbocycles. The molecule has 0 bridgehead atoms.